The molecule has 0 unspecified atom stereocenters. The van der Waals surface area contributed by atoms with Crippen molar-refractivity contribution in [2.75, 3.05) is 4.90 Å². The van der Waals surface area contributed by atoms with Crippen LogP contribution in [0.4, 0.5) is 14.9 Å². The van der Waals surface area contributed by atoms with Gasteiger partial charge in [-0.05, 0) is 25.0 Å². The lowest BCUT2D eigenvalue weighted by Gasteiger charge is -2.41. The summed E-state index contributed by atoms with van der Waals surface area (Å²) < 4.78 is 13.9. The summed E-state index contributed by atoms with van der Waals surface area (Å²) in [6.45, 7) is 0. The molecule has 1 saturated carbocycles. The summed E-state index contributed by atoms with van der Waals surface area (Å²) in [6, 6.07) is 4.68. The Kier molecular flexibility index (Phi) is 3.23. The van der Waals surface area contributed by atoms with E-state index in [2.05, 4.69) is 5.32 Å². The number of imide groups is 2. The molecule has 2 fully saturated rings. The summed E-state index contributed by atoms with van der Waals surface area (Å²) in [5.74, 6) is -1.83. The van der Waals surface area contributed by atoms with Crippen molar-refractivity contribution < 1.29 is 18.8 Å². The van der Waals surface area contributed by atoms with E-state index in [0.29, 0.717) is 12.8 Å². The molecule has 0 atom stereocenters. The number of para-hydroxylation sites is 1. The second kappa shape index (κ2) is 4.95. The Balaban J connectivity index is 2.05. The van der Waals surface area contributed by atoms with E-state index in [1.807, 2.05) is 0 Å². The number of barbiturate groups is 1. The number of hydrogen-bond donors (Lipinski definition) is 1. The fourth-order valence-electron chi connectivity index (χ4n) is 3.12. The Hall–Kier alpha value is -2.24. The number of carbonyl (C=O) groups excluding carboxylic acids is 3. The summed E-state index contributed by atoms with van der Waals surface area (Å²) in [7, 11) is 0. The summed E-state index contributed by atoms with van der Waals surface area (Å²) in [5.41, 5.74) is -1.34. The van der Waals surface area contributed by atoms with Gasteiger partial charge in [0.2, 0.25) is 5.91 Å². The minimum Gasteiger partial charge on any atom is -0.276 e. The molecule has 1 aliphatic carbocycles. The molecule has 21 heavy (non-hydrogen) atoms. The lowest BCUT2D eigenvalue weighted by atomic mass is 9.71. The number of rotatable bonds is 1. The fourth-order valence-corrected chi connectivity index (χ4v) is 3.12. The monoisotopic (exact) mass is 290 g/mol. The van der Waals surface area contributed by atoms with Crippen molar-refractivity contribution in [1.29, 1.82) is 0 Å². The van der Waals surface area contributed by atoms with Crippen molar-refractivity contribution in [1.82, 2.24) is 5.32 Å². The Morgan fingerprint density at radius 1 is 1.05 bits per heavy atom. The third-order valence-corrected chi connectivity index (χ3v) is 4.27. The number of amides is 4. The molecule has 5 nitrogen and oxygen atoms in total. The molecule has 1 heterocycles. The number of halogens is 1. The third-order valence-electron chi connectivity index (χ3n) is 4.27. The smallest absolute Gasteiger partial charge is 0.276 e. The molecular weight excluding hydrogens is 275 g/mol. The van der Waals surface area contributed by atoms with Gasteiger partial charge in [0.05, 0.1) is 5.69 Å². The van der Waals surface area contributed by atoms with Gasteiger partial charge in [0.15, 0.2) is 0 Å². The molecule has 1 aromatic carbocycles. The average molecular weight is 290 g/mol. The first kappa shape index (κ1) is 13.7. The molecule has 4 amide bonds. The van der Waals surface area contributed by atoms with E-state index in [-0.39, 0.29) is 5.69 Å². The largest absolute Gasteiger partial charge is 0.335 e. The van der Waals surface area contributed by atoms with Crippen molar-refractivity contribution in [3.63, 3.8) is 0 Å². The van der Waals surface area contributed by atoms with Crippen LogP contribution in [0.2, 0.25) is 0 Å². The maximum absolute atomic E-state index is 13.9. The fraction of sp³-hybridized carbons (Fsp3) is 0.400. The van der Waals surface area contributed by atoms with Gasteiger partial charge in [-0.3, -0.25) is 14.9 Å². The standard InChI is InChI=1S/C15H15FN2O3/c16-10-6-2-3-7-11(10)18-13(20)15(8-4-1-5-9-15)12(19)17-14(18)21/h2-3,6-7H,1,4-5,8-9H2,(H,17,19,21). The normalized spacial score (nSPS) is 21.6. The predicted octanol–water partition coefficient (Wildman–Crippen LogP) is 2.36. The highest BCUT2D eigenvalue weighted by Gasteiger charge is 2.54. The Morgan fingerprint density at radius 2 is 1.71 bits per heavy atom. The summed E-state index contributed by atoms with van der Waals surface area (Å²) in [4.78, 5) is 37.7. The number of hydrogen-bond acceptors (Lipinski definition) is 3. The SMILES string of the molecule is O=C1NC(=O)C2(CCCCC2)C(=O)N1c1ccccc1F. The van der Waals surface area contributed by atoms with Crippen LogP contribution in [0.1, 0.15) is 32.1 Å². The number of nitrogens with zero attached hydrogens (tertiary/aromatic N) is 1. The molecular formula is C15H15FN2O3. The quantitative estimate of drug-likeness (QED) is 0.807. The number of urea groups is 1. The van der Waals surface area contributed by atoms with Gasteiger partial charge in [0.1, 0.15) is 11.2 Å². The van der Waals surface area contributed by atoms with Gasteiger partial charge in [0.25, 0.3) is 5.91 Å². The number of nitrogens with one attached hydrogen (secondary N) is 1. The highest BCUT2D eigenvalue weighted by atomic mass is 19.1. The molecule has 2 aliphatic rings. The highest BCUT2D eigenvalue weighted by molar-refractivity contribution is 6.29. The van der Waals surface area contributed by atoms with Gasteiger partial charge in [-0.25, -0.2) is 14.1 Å². The van der Waals surface area contributed by atoms with Gasteiger partial charge in [-0.15, -0.1) is 0 Å². The van der Waals surface area contributed by atoms with Gasteiger partial charge >= 0.3 is 6.03 Å². The van der Waals surface area contributed by atoms with E-state index in [4.69, 9.17) is 0 Å². The van der Waals surface area contributed by atoms with Gasteiger partial charge in [-0.2, -0.15) is 0 Å². The first-order valence-corrected chi connectivity index (χ1v) is 7.01. The van der Waals surface area contributed by atoms with E-state index >= 15 is 0 Å². The molecule has 1 aromatic rings. The van der Waals surface area contributed by atoms with Gasteiger partial charge < -0.3 is 0 Å². The Bertz CT molecular complexity index is 623. The zero-order valence-electron chi connectivity index (χ0n) is 11.4. The molecule has 1 spiro atoms. The lowest BCUT2D eigenvalue weighted by Crippen LogP contribution is -2.64. The van der Waals surface area contributed by atoms with Crippen LogP contribution in [0.15, 0.2) is 24.3 Å². The maximum Gasteiger partial charge on any atom is 0.335 e. The average Bonchev–Trinajstić information content (AvgIpc) is 2.48. The zero-order chi connectivity index (χ0) is 15.0. The summed E-state index contributed by atoms with van der Waals surface area (Å²) in [6.07, 6.45) is 3.25. The summed E-state index contributed by atoms with van der Waals surface area (Å²) in [5, 5.41) is 2.21. The predicted molar refractivity (Wildman–Crippen MR) is 72.9 cm³/mol. The Labute approximate surface area is 121 Å². The second-order valence-electron chi connectivity index (χ2n) is 5.49. The van der Waals surface area contributed by atoms with E-state index < -0.39 is 29.1 Å². The first-order chi connectivity index (χ1) is 10.1. The van der Waals surface area contributed by atoms with Crippen LogP contribution >= 0.6 is 0 Å². The number of anilines is 1. The van der Waals surface area contributed by atoms with Crippen LogP contribution in [0.5, 0.6) is 0 Å². The van der Waals surface area contributed by atoms with E-state index in [1.54, 1.807) is 6.07 Å². The van der Waals surface area contributed by atoms with Crippen LogP contribution in [0, 0.1) is 11.2 Å². The van der Waals surface area contributed by atoms with Crippen LogP contribution in [0.25, 0.3) is 0 Å². The van der Waals surface area contributed by atoms with Crippen LogP contribution < -0.4 is 10.2 Å². The molecule has 0 aromatic heterocycles. The summed E-state index contributed by atoms with van der Waals surface area (Å²) >= 11 is 0. The second-order valence-corrected chi connectivity index (χ2v) is 5.49. The van der Waals surface area contributed by atoms with Crippen molar-refractivity contribution >= 4 is 23.5 Å². The van der Waals surface area contributed by atoms with Crippen molar-refractivity contribution in [3.8, 4) is 0 Å². The maximum atomic E-state index is 13.9. The van der Waals surface area contributed by atoms with Crippen molar-refractivity contribution in [2.24, 2.45) is 5.41 Å². The van der Waals surface area contributed by atoms with E-state index in [9.17, 15) is 18.8 Å². The van der Waals surface area contributed by atoms with Crippen molar-refractivity contribution in [3.05, 3.63) is 30.1 Å². The molecule has 0 bridgehead atoms. The molecule has 1 aliphatic heterocycles. The molecule has 6 heteroatoms. The van der Waals surface area contributed by atoms with Crippen LogP contribution in [-0.2, 0) is 9.59 Å². The van der Waals surface area contributed by atoms with E-state index in [1.165, 1.54) is 18.2 Å². The molecule has 1 saturated heterocycles. The molecule has 1 N–H and O–H groups in total. The molecule has 3 rings (SSSR count). The molecule has 110 valence electrons. The van der Waals surface area contributed by atoms with Gasteiger partial charge in [-0.1, -0.05) is 31.4 Å². The van der Waals surface area contributed by atoms with Crippen molar-refractivity contribution in [2.45, 2.75) is 32.1 Å². The third kappa shape index (κ3) is 2.02. The highest BCUT2D eigenvalue weighted by Crippen LogP contribution is 2.41. The zero-order valence-corrected chi connectivity index (χ0v) is 11.4. The minimum atomic E-state index is -1.23. The number of carbonyl (C=O) groups is 3. The topological polar surface area (TPSA) is 66.5 Å². The Morgan fingerprint density at radius 3 is 2.38 bits per heavy atom. The lowest BCUT2D eigenvalue weighted by molar-refractivity contribution is -0.144. The molecule has 0 radical (unpaired) electrons. The minimum absolute atomic E-state index is 0.113. The number of benzene rings is 1. The van der Waals surface area contributed by atoms with Crippen LogP contribution in [-0.4, -0.2) is 17.8 Å². The first-order valence-electron chi connectivity index (χ1n) is 7.01. The van der Waals surface area contributed by atoms with E-state index in [0.717, 1.165) is 24.2 Å². The van der Waals surface area contributed by atoms with Gasteiger partial charge in [0, 0.05) is 0 Å². The van der Waals surface area contributed by atoms with Crippen LogP contribution in [0.3, 0.4) is 0 Å².